The molecule has 0 aliphatic carbocycles. The van der Waals surface area contributed by atoms with E-state index in [9.17, 15) is 14.4 Å². The molecular weight excluding hydrogens is 604 g/mol. The number of carbonyl (C=O) groups is 3. The van der Waals surface area contributed by atoms with Crippen molar-refractivity contribution in [2.24, 2.45) is 0 Å². The monoisotopic (exact) mass is 652 g/mol. The van der Waals surface area contributed by atoms with E-state index in [2.05, 4.69) is 22.5 Å². The van der Waals surface area contributed by atoms with E-state index in [1.165, 1.54) is 11.2 Å². The van der Waals surface area contributed by atoms with Crippen molar-refractivity contribution in [3.63, 3.8) is 0 Å². The molecule has 3 aromatic carbocycles. The maximum atomic E-state index is 13.9. The van der Waals surface area contributed by atoms with E-state index in [0.29, 0.717) is 43.8 Å². The lowest BCUT2D eigenvalue weighted by atomic mass is 9.93. The van der Waals surface area contributed by atoms with E-state index >= 15 is 0 Å². The first kappa shape index (κ1) is 35.8. The molecule has 1 aliphatic heterocycles. The van der Waals surface area contributed by atoms with E-state index in [1.54, 1.807) is 0 Å². The van der Waals surface area contributed by atoms with Crippen LogP contribution in [0.4, 0.5) is 4.79 Å². The van der Waals surface area contributed by atoms with Crippen molar-refractivity contribution in [1.29, 1.82) is 0 Å². The average Bonchev–Trinajstić information content (AvgIpc) is 3.06. The number of carbonyl (C=O) groups excluding carboxylic acids is 3. The minimum absolute atomic E-state index is 0.163. The van der Waals surface area contributed by atoms with Crippen LogP contribution in [0.15, 0.2) is 103 Å². The SMILES string of the molecule is C=CO[C@@H](C[C@H](Cc1ccccc1)NC(=O)C(=C(C)C)N1CCCNC1=O)[C@H](Cc1ccccc1)NC(=O)COc1c(C)cccc1C. The quantitative estimate of drug-likeness (QED) is 0.135. The molecule has 9 nitrogen and oxygen atoms in total. The van der Waals surface area contributed by atoms with Gasteiger partial charge in [0.15, 0.2) is 6.61 Å². The summed E-state index contributed by atoms with van der Waals surface area (Å²) in [5.41, 5.74) is 5.02. The van der Waals surface area contributed by atoms with E-state index in [4.69, 9.17) is 9.47 Å². The van der Waals surface area contributed by atoms with Gasteiger partial charge in [-0.05, 0) is 74.8 Å². The van der Waals surface area contributed by atoms with Crippen LogP contribution >= 0.6 is 0 Å². The van der Waals surface area contributed by atoms with Crippen LogP contribution in [-0.4, -0.2) is 60.6 Å². The van der Waals surface area contributed by atoms with Crippen molar-refractivity contribution >= 4 is 17.8 Å². The molecule has 9 heteroatoms. The Labute approximate surface area is 284 Å². The van der Waals surface area contributed by atoms with Gasteiger partial charge in [0, 0.05) is 25.6 Å². The molecule has 254 valence electrons. The largest absolute Gasteiger partial charge is 0.496 e. The van der Waals surface area contributed by atoms with Gasteiger partial charge in [-0.25, -0.2) is 4.79 Å². The number of para-hydroxylation sites is 1. The zero-order valence-corrected chi connectivity index (χ0v) is 28.5. The third-order valence-electron chi connectivity index (χ3n) is 8.34. The number of nitrogens with one attached hydrogen (secondary N) is 3. The van der Waals surface area contributed by atoms with Gasteiger partial charge >= 0.3 is 6.03 Å². The minimum atomic E-state index is -0.561. The molecule has 0 unspecified atom stereocenters. The van der Waals surface area contributed by atoms with Crippen molar-refractivity contribution in [2.45, 2.75) is 71.6 Å². The molecule has 0 saturated carbocycles. The van der Waals surface area contributed by atoms with Crippen LogP contribution in [0, 0.1) is 13.8 Å². The molecule has 4 rings (SSSR count). The lowest BCUT2D eigenvalue weighted by Crippen LogP contribution is -2.52. The lowest BCUT2D eigenvalue weighted by molar-refractivity contribution is -0.125. The number of hydrogen-bond acceptors (Lipinski definition) is 5. The fourth-order valence-electron chi connectivity index (χ4n) is 6.08. The molecule has 3 atom stereocenters. The number of aryl methyl sites for hydroxylation is 2. The molecule has 0 spiro atoms. The second-order valence-electron chi connectivity index (χ2n) is 12.4. The summed E-state index contributed by atoms with van der Waals surface area (Å²) in [5.74, 6) is 0.0630. The zero-order valence-electron chi connectivity index (χ0n) is 28.5. The van der Waals surface area contributed by atoms with Crippen LogP contribution in [-0.2, 0) is 27.2 Å². The predicted octanol–water partition coefficient (Wildman–Crippen LogP) is 5.77. The number of hydrogen-bond donors (Lipinski definition) is 3. The summed E-state index contributed by atoms with van der Waals surface area (Å²) < 4.78 is 12.1. The second-order valence-corrected chi connectivity index (χ2v) is 12.4. The third-order valence-corrected chi connectivity index (χ3v) is 8.34. The van der Waals surface area contributed by atoms with E-state index in [-0.39, 0.29) is 24.5 Å². The number of nitrogens with zero attached hydrogens (tertiary/aromatic N) is 1. The fourth-order valence-corrected chi connectivity index (χ4v) is 6.08. The van der Waals surface area contributed by atoms with Crippen LogP contribution in [0.25, 0.3) is 0 Å². The van der Waals surface area contributed by atoms with Crippen LogP contribution < -0.4 is 20.7 Å². The Morgan fingerprint density at radius 1 is 0.917 bits per heavy atom. The summed E-state index contributed by atoms with van der Waals surface area (Å²) >= 11 is 0. The van der Waals surface area contributed by atoms with Crippen LogP contribution in [0.2, 0.25) is 0 Å². The van der Waals surface area contributed by atoms with Crippen molar-refractivity contribution in [3.05, 3.63) is 125 Å². The summed E-state index contributed by atoms with van der Waals surface area (Å²) in [7, 11) is 0. The molecule has 0 aromatic heterocycles. The molecule has 0 bridgehead atoms. The van der Waals surface area contributed by atoms with Gasteiger partial charge in [0.05, 0.1) is 12.3 Å². The maximum absolute atomic E-state index is 13.9. The van der Waals surface area contributed by atoms with Crippen LogP contribution in [0.3, 0.4) is 0 Å². The Morgan fingerprint density at radius 2 is 1.54 bits per heavy atom. The molecule has 1 saturated heterocycles. The summed E-state index contributed by atoms with van der Waals surface area (Å²) in [6, 6.07) is 24.4. The van der Waals surface area contributed by atoms with Crippen molar-refractivity contribution in [3.8, 4) is 5.75 Å². The first-order valence-electron chi connectivity index (χ1n) is 16.5. The number of ether oxygens (including phenoxy) is 2. The third kappa shape index (κ3) is 10.2. The molecule has 1 fully saturated rings. The number of rotatable bonds is 16. The Balaban J connectivity index is 1.60. The van der Waals surface area contributed by atoms with Gasteiger partial charge in [0.25, 0.3) is 11.8 Å². The highest BCUT2D eigenvalue weighted by molar-refractivity contribution is 5.98. The minimum Gasteiger partial charge on any atom is -0.496 e. The van der Waals surface area contributed by atoms with E-state index in [0.717, 1.165) is 34.2 Å². The molecule has 3 aromatic rings. The first-order chi connectivity index (χ1) is 23.2. The van der Waals surface area contributed by atoms with Crippen LogP contribution in [0.5, 0.6) is 5.75 Å². The van der Waals surface area contributed by atoms with E-state index in [1.807, 2.05) is 107 Å². The molecule has 0 radical (unpaired) electrons. The Bertz CT molecular complexity index is 1550. The first-order valence-corrected chi connectivity index (χ1v) is 16.5. The second kappa shape index (κ2) is 17.8. The lowest BCUT2D eigenvalue weighted by Gasteiger charge is -2.33. The predicted molar refractivity (Wildman–Crippen MR) is 188 cm³/mol. The standard InChI is InChI=1S/C39H48N4O5/c1-6-47-34(33(24-31-19-11-8-12-20-31)42-35(44)26-48-37-28(4)15-13-16-29(37)5)25-32(23-30-17-9-7-10-18-30)41-38(45)36(27(2)3)43-22-14-21-40-39(43)46/h6-13,15-20,32-34H,1,14,21-26H2,2-5H3,(H,40,46)(H,41,45)(H,42,44)/t32-,33-,34-/m0/s1. The van der Waals surface area contributed by atoms with Gasteiger partial charge in [-0.15, -0.1) is 0 Å². The summed E-state index contributed by atoms with van der Waals surface area (Å²) in [5, 5.41) is 9.21. The molecular formula is C39H48N4O5. The molecule has 1 heterocycles. The van der Waals surface area contributed by atoms with Gasteiger partial charge in [0.2, 0.25) is 0 Å². The summed E-state index contributed by atoms with van der Waals surface area (Å²) in [6.45, 7) is 12.3. The van der Waals surface area contributed by atoms with Crippen molar-refractivity contribution in [1.82, 2.24) is 20.9 Å². The van der Waals surface area contributed by atoms with Gasteiger partial charge in [0.1, 0.15) is 17.6 Å². The average molecular weight is 653 g/mol. The molecule has 4 amide bonds. The maximum Gasteiger partial charge on any atom is 0.322 e. The number of benzene rings is 3. The molecule has 1 aliphatic rings. The number of urea groups is 1. The normalized spacial score (nSPS) is 14.5. The topological polar surface area (TPSA) is 109 Å². The van der Waals surface area contributed by atoms with Gasteiger partial charge in [-0.3, -0.25) is 14.5 Å². The molecule has 3 N–H and O–H groups in total. The fraction of sp³-hybridized carbons (Fsp3) is 0.359. The highest BCUT2D eigenvalue weighted by Gasteiger charge is 2.32. The van der Waals surface area contributed by atoms with Crippen molar-refractivity contribution in [2.75, 3.05) is 19.7 Å². The Hall–Kier alpha value is -5.05. The van der Waals surface area contributed by atoms with Gasteiger partial charge in [-0.2, -0.15) is 0 Å². The number of allylic oxidation sites excluding steroid dienone is 1. The highest BCUT2D eigenvalue weighted by Crippen LogP contribution is 2.23. The Morgan fingerprint density at radius 3 is 2.12 bits per heavy atom. The number of amides is 4. The smallest absolute Gasteiger partial charge is 0.322 e. The van der Waals surface area contributed by atoms with Crippen LogP contribution in [0.1, 0.15) is 48.9 Å². The van der Waals surface area contributed by atoms with Gasteiger partial charge < -0.3 is 25.4 Å². The highest BCUT2D eigenvalue weighted by atomic mass is 16.5. The Kier molecular flexibility index (Phi) is 13.2. The van der Waals surface area contributed by atoms with Crippen molar-refractivity contribution < 1.29 is 23.9 Å². The van der Waals surface area contributed by atoms with Gasteiger partial charge in [-0.1, -0.05) is 85.4 Å². The summed E-state index contributed by atoms with van der Waals surface area (Å²) in [4.78, 5) is 41.6. The molecule has 48 heavy (non-hydrogen) atoms. The summed E-state index contributed by atoms with van der Waals surface area (Å²) in [6.07, 6.45) is 2.90. The zero-order chi connectivity index (χ0) is 34.5. The van der Waals surface area contributed by atoms with E-state index < -0.39 is 18.2 Å².